The molecule has 4 heteroatoms. The third-order valence-electron chi connectivity index (χ3n) is 5.11. The van der Waals surface area contributed by atoms with E-state index in [0.717, 1.165) is 25.0 Å². The number of hydrogen-bond acceptors (Lipinski definition) is 3. The van der Waals surface area contributed by atoms with E-state index in [1.54, 1.807) is 0 Å². The molecule has 3 nitrogen and oxygen atoms in total. The van der Waals surface area contributed by atoms with E-state index in [4.69, 9.17) is 4.99 Å². The molecule has 1 N–H and O–H groups in total. The summed E-state index contributed by atoms with van der Waals surface area (Å²) in [5, 5.41) is 3.64. The Morgan fingerprint density at radius 3 is 2.39 bits per heavy atom. The quantitative estimate of drug-likeness (QED) is 0.717. The molecule has 2 aliphatic rings. The Hall–Kier alpha value is -0.780. The molecular formula is C19H30IN3. The molecule has 23 heavy (non-hydrogen) atoms. The standard InChI is InChI=1S/C19H29N3.HI/c1-13(2)16-6-8-17(9-7-16)15(4)21-19-20-11-18-10-5-14(3)12-22(18)19;/h6-9,13-15,18H,5,10-12H2,1-4H3,(H,20,21);1H. The van der Waals surface area contributed by atoms with Crippen molar-refractivity contribution in [2.24, 2.45) is 10.9 Å². The van der Waals surface area contributed by atoms with E-state index in [1.165, 1.54) is 24.0 Å². The molecule has 1 fully saturated rings. The Balaban J connectivity index is 0.00000192. The second-order valence-electron chi connectivity index (χ2n) is 7.34. The van der Waals surface area contributed by atoms with Crippen LogP contribution in [0.15, 0.2) is 29.3 Å². The Labute approximate surface area is 158 Å². The molecule has 0 radical (unpaired) electrons. The third kappa shape index (κ3) is 4.20. The summed E-state index contributed by atoms with van der Waals surface area (Å²) in [6.07, 6.45) is 2.63. The first-order valence-corrected chi connectivity index (χ1v) is 8.72. The van der Waals surface area contributed by atoms with Gasteiger partial charge in [-0.2, -0.15) is 0 Å². The zero-order chi connectivity index (χ0) is 15.7. The van der Waals surface area contributed by atoms with Gasteiger partial charge in [0.05, 0.1) is 18.6 Å². The summed E-state index contributed by atoms with van der Waals surface area (Å²) in [6, 6.07) is 9.93. The predicted octanol–water partition coefficient (Wildman–Crippen LogP) is 4.55. The summed E-state index contributed by atoms with van der Waals surface area (Å²) in [5.74, 6) is 2.48. The fourth-order valence-electron chi connectivity index (χ4n) is 3.52. The van der Waals surface area contributed by atoms with Crippen molar-refractivity contribution in [2.75, 3.05) is 13.1 Å². The van der Waals surface area contributed by atoms with Gasteiger partial charge in [-0.25, -0.2) is 0 Å². The lowest BCUT2D eigenvalue weighted by Gasteiger charge is -2.36. The molecular weight excluding hydrogens is 397 g/mol. The fourth-order valence-corrected chi connectivity index (χ4v) is 3.52. The van der Waals surface area contributed by atoms with E-state index in [-0.39, 0.29) is 24.0 Å². The largest absolute Gasteiger partial charge is 0.350 e. The van der Waals surface area contributed by atoms with Crippen LogP contribution >= 0.6 is 24.0 Å². The van der Waals surface area contributed by atoms with Gasteiger partial charge in [-0.05, 0) is 42.7 Å². The number of benzene rings is 1. The van der Waals surface area contributed by atoms with Crippen LogP contribution < -0.4 is 5.32 Å². The number of nitrogens with zero attached hydrogens (tertiary/aromatic N) is 2. The Morgan fingerprint density at radius 2 is 1.74 bits per heavy atom. The van der Waals surface area contributed by atoms with Crippen molar-refractivity contribution in [3.05, 3.63) is 35.4 Å². The van der Waals surface area contributed by atoms with E-state index in [0.29, 0.717) is 18.0 Å². The molecule has 0 spiro atoms. The monoisotopic (exact) mass is 427 g/mol. The van der Waals surface area contributed by atoms with Crippen molar-refractivity contribution in [2.45, 2.75) is 58.5 Å². The second kappa shape index (κ2) is 7.86. The summed E-state index contributed by atoms with van der Waals surface area (Å²) in [7, 11) is 0. The Morgan fingerprint density at radius 1 is 1.09 bits per heavy atom. The highest BCUT2D eigenvalue weighted by Gasteiger charge is 2.33. The van der Waals surface area contributed by atoms with Gasteiger partial charge in [0.15, 0.2) is 5.96 Å². The number of guanidine groups is 1. The van der Waals surface area contributed by atoms with E-state index in [9.17, 15) is 0 Å². The van der Waals surface area contributed by atoms with Gasteiger partial charge >= 0.3 is 0 Å². The fraction of sp³-hybridized carbons (Fsp3) is 0.632. The zero-order valence-electron chi connectivity index (χ0n) is 14.7. The summed E-state index contributed by atoms with van der Waals surface area (Å²) in [5.41, 5.74) is 2.74. The van der Waals surface area contributed by atoms with Crippen LogP contribution in [0.2, 0.25) is 0 Å². The number of piperidine rings is 1. The maximum Gasteiger partial charge on any atom is 0.194 e. The number of rotatable bonds is 3. The predicted molar refractivity (Wildman–Crippen MR) is 109 cm³/mol. The van der Waals surface area contributed by atoms with Crippen molar-refractivity contribution >= 4 is 29.9 Å². The van der Waals surface area contributed by atoms with Gasteiger partial charge in [-0.1, -0.05) is 45.0 Å². The van der Waals surface area contributed by atoms with Crippen molar-refractivity contribution < 1.29 is 0 Å². The van der Waals surface area contributed by atoms with Crippen molar-refractivity contribution in [3.8, 4) is 0 Å². The maximum absolute atomic E-state index is 4.76. The number of nitrogens with one attached hydrogen (secondary N) is 1. The molecule has 3 rings (SSSR count). The van der Waals surface area contributed by atoms with E-state index in [2.05, 4.69) is 62.2 Å². The molecule has 2 heterocycles. The molecule has 0 bridgehead atoms. The number of fused-ring (bicyclic) bond motifs is 1. The van der Waals surface area contributed by atoms with Crippen LogP contribution in [0.1, 0.15) is 63.6 Å². The summed E-state index contributed by atoms with van der Waals surface area (Å²) in [4.78, 5) is 7.25. The van der Waals surface area contributed by atoms with Gasteiger partial charge in [0, 0.05) is 6.54 Å². The number of halogens is 1. The van der Waals surface area contributed by atoms with Gasteiger partial charge < -0.3 is 10.2 Å². The molecule has 3 unspecified atom stereocenters. The first-order valence-electron chi connectivity index (χ1n) is 8.72. The molecule has 0 amide bonds. The highest BCUT2D eigenvalue weighted by molar-refractivity contribution is 14.0. The molecule has 1 saturated heterocycles. The minimum Gasteiger partial charge on any atom is -0.350 e. The molecule has 0 aromatic heterocycles. The Bertz CT molecular complexity index is 538. The van der Waals surface area contributed by atoms with E-state index < -0.39 is 0 Å². The van der Waals surface area contributed by atoms with Crippen LogP contribution in [0, 0.1) is 5.92 Å². The van der Waals surface area contributed by atoms with Gasteiger partial charge in [0.2, 0.25) is 0 Å². The first-order chi connectivity index (χ1) is 10.5. The average molecular weight is 427 g/mol. The Kier molecular flexibility index (Phi) is 6.34. The number of hydrogen-bond donors (Lipinski definition) is 1. The summed E-state index contributed by atoms with van der Waals surface area (Å²) >= 11 is 0. The van der Waals surface area contributed by atoms with Crippen LogP contribution in [0.25, 0.3) is 0 Å². The van der Waals surface area contributed by atoms with Crippen LogP contribution in [-0.4, -0.2) is 30.0 Å². The lowest BCUT2D eigenvalue weighted by Crippen LogP contribution is -2.48. The van der Waals surface area contributed by atoms with Crippen molar-refractivity contribution in [1.29, 1.82) is 0 Å². The first kappa shape index (κ1) is 18.6. The summed E-state index contributed by atoms with van der Waals surface area (Å²) < 4.78 is 0. The lowest BCUT2D eigenvalue weighted by molar-refractivity contribution is 0.210. The smallest absolute Gasteiger partial charge is 0.194 e. The highest BCUT2D eigenvalue weighted by Crippen LogP contribution is 2.26. The normalized spacial score (nSPS) is 24.7. The SMILES string of the molecule is CC1CCC2CN=C(NC(C)c3ccc(C(C)C)cc3)N2C1.I. The number of aliphatic imine (C=N–C) groups is 1. The van der Waals surface area contributed by atoms with Crippen LogP contribution in [0.3, 0.4) is 0 Å². The lowest BCUT2D eigenvalue weighted by atomic mass is 9.95. The van der Waals surface area contributed by atoms with Gasteiger partial charge in [0.1, 0.15) is 0 Å². The van der Waals surface area contributed by atoms with Gasteiger partial charge in [-0.15, -0.1) is 24.0 Å². The molecule has 1 aromatic carbocycles. The minimum atomic E-state index is 0. The highest BCUT2D eigenvalue weighted by atomic mass is 127. The minimum absolute atomic E-state index is 0. The van der Waals surface area contributed by atoms with Crippen molar-refractivity contribution in [1.82, 2.24) is 10.2 Å². The topological polar surface area (TPSA) is 27.6 Å². The van der Waals surface area contributed by atoms with Gasteiger partial charge in [-0.3, -0.25) is 4.99 Å². The van der Waals surface area contributed by atoms with Crippen LogP contribution in [-0.2, 0) is 0 Å². The third-order valence-corrected chi connectivity index (χ3v) is 5.11. The van der Waals surface area contributed by atoms with Crippen LogP contribution in [0.5, 0.6) is 0 Å². The average Bonchev–Trinajstić information content (AvgIpc) is 2.89. The summed E-state index contributed by atoms with van der Waals surface area (Å²) in [6.45, 7) is 11.2. The molecule has 128 valence electrons. The van der Waals surface area contributed by atoms with Crippen LogP contribution in [0.4, 0.5) is 0 Å². The molecule has 2 aliphatic heterocycles. The van der Waals surface area contributed by atoms with E-state index >= 15 is 0 Å². The second-order valence-corrected chi connectivity index (χ2v) is 7.34. The van der Waals surface area contributed by atoms with Crippen molar-refractivity contribution in [3.63, 3.8) is 0 Å². The molecule has 3 atom stereocenters. The van der Waals surface area contributed by atoms with E-state index in [1.807, 2.05) is 0 Å². The van der Waals surface area contributed by atoms with Gasteiger partial charge in [0.25, 0.3) is 0 Å². The maximum atomic E-state index is 4.76. The zero-order valence-corrected chi connectivity index (χ0v) is 17.1. The molecule has 1 aromatic rings. The molecule has 0 saturated carbocycles. The molecule has 0 aliphatic carbocycles.